The van der Waals surface area contributed by atoms with Crippen LogP contribution in [0.3, 0.4) is 0 Å². The van der Waals surface area contributed by atoms with Gasteiger partial charge in [-0.05, 0) is 43.2 Å². The summed E-state index contributed by atoms with van der Waals surface area (Å²) in [5, 5.41) is 0.811. The predicted octanol–water partition coefficient (Wildman–Crippen LogP) is 2.80. The summed E-state index contributed by atoms with van der Waals surface area (Å²) in [5.41, 5.74) is -6.48. The summed E-state index contributed by atoms with van der Waals surface area (Å²) in [6, 6.07) is 7.20. The Bertz CT molecular complexity index is 1190. The van der Waals surface area contributed by atoms with Crippen molar-refractivity contribution in [2.24, 2.45) is 0 Å². The molecule has 1 N–H and O–H groups in total. The molecule has 8 nitrogen and oxygen atoms in total. The van der Waals surface area contributed by atoms with Gasteiger partial charge in [0.15, 0.2) is 5.03 Å². The molecule has 1 aliphatic rings. The Kier molecular flexibility index (Phi) is 6.39. The number of aromatic nitrogens is 1. The van der Waals surface area contributed by atoms with E-state index in [-0.39, 0.29) is 10.6 Å². The van der Waals surface area contributed by atoms with Gasteiger partial charge in [0, 0.05) is 25.0 Å². The second-order valence-electron chi connectivity index (χ2n) is 6.75. The Hall–Kier alpha value is -2.51. The molecule has 2 aromatic rings. The van der Waals surface area contributed by atoms with Gasteiger partial charge >= 0.3 is 5.51 Å². The maximum absolute atomic E-state index is 12.9. The zero-order valence-corrected chi connectivity index (χ0v) is 17.6. The first-order chi connectivity index (χ1) is 14.4. The van der Waals surface area contributed by atoms with Crippen LogP contribution >= 0.6 is 0 Å². The average molecular weight is 477 g/mol. The molecule has 1 aromatic carbocycles. The van der Waals surface area contributed by atoms with Gasteiger partial charge in [0.1, 0.15) is 0 Å². The number of rotatable bonds is 5. The minimum absolute atomic E-state index is 0.0257. The molecule has 0 saturated carbocycles. The van der Waals surface area contributed by atoms with Gasteiger partial charge in [-0.2, -0.15) is 17.5 Å². The van der Waals surface area contributed by atoms with Crippen molar-refractivity contribution >= 4 is 31.5 Å². The molecule has 168 valence electrons. The Morgan fingerprint density at radius 3 is 2.32 bits per heavy atom. The molecular weight excluding hydrogens is 459 g/mol. The molecule has 2 heterocycles. The molecule has 1 aromatic heterocycles. The lowest BCUT2D eigenvalue weighted by atomic mass is 10.2. The minimum Gasteiger partial charge on any atom is -0.322 e. The summed E-state index contributed by atoms with van der Waals surface area (Å²) in [6.45, 7) is 0.737. The number of piperidine rings is 1. The summed E-state index contributed by atoms with van der Waals surface area (Å²) in [7, 11) is -9.68. The zero-order valence-electron chi connectivity index (χ0n) is 16.0. The molecule has 0 bridgehead atoms. The summed E-state index contributed by atoms with van der Waals surface area (Å²) in [6.07, 6.45) is 3.21. The van der Waals surface area contributed by atoms with Crippen LogP contribution in [0.4, 0.5) is 18.9 Å². The molecule has 31 heavy (non-hydrogen) atoms. The number of carbonyl (C=O) groups is 1. The maximum Gasteiger partial charge on any atom is 0.503 e. The number of pyridine rings is 1. The van der Waals surface area contributed by atoms with Crippen LogP contribution in [0.5, 0.6) is 0 Å². The molecule has 13 heteroatoms. The Labute approximate surface area is 177 Å². The van der Waals surface area contributed by atoms with Gasteiger partial charge in [-0.25, -0.2) is 21.8 Å². The number of alkyl halides is 3. The lowest BCUT2D eigenvalue weighted by molar-refractivity contribution is -0.0438. The molecule has 3 rings (SSSR count). The standard InChI is InChI=1S/C18H18F3N3O5S2/c19-18(20,21)30(26,27)17-15(8-5-9-22-17)16(25)23-13-6-4-7-14(12-13)31(28,29)24-10-2-1-3-11-24/h4-9,12H,1-3,10-11H2,(H,23,25). The normalized spacial score (nSPS) is 16.1. The number of carbonyl (C=O) groups excluding carboxylic acids is 1. The average Bonchev–Trinajstić information content (AvgIpc) is 2.73. The second kappa shape index (κ2) is 8.55. The Balaban J connectivity index is 1.90. The Morgan fingerprint density at radius 2 is 1.68 bits per heavy atom. The highest BCUT2D eigenvalue weighted by Crippen LogP contribution is 2.31. The maximum atomic E-state index is 12.9. The number of nitrogens with zero attached hydrogens (tertiary/aromatic N) is 2. The van der Waals surface area contributed by atoms with E-state index in [4.69, 9.17) is 0 Å². The van der Waals surface area contributed by atoms with Crippen LogP contribution < -0.4 is 5.32 Å². The van der Waals surface area contributed by atoms with Crippen molar-refractivity contribution in [2.45, 2.75) is 34.7 Å². The van der Waals surface area contributed by atoms with Gasteiger partial charge in [0.25, 0.3) is 15.7 Å². The second-order valence-corrected chi connectivity index (χ2v) is 10.5. The summed E-state index contributed by atoms with van der Waals surface area (Å²) in [5.74, 6) is -1.18. The van der Waals surface area contributed by atoms with E-state index in [0.29, 0.717) is 13.1 Å². The van der Waals surface area contributed by atoms with Gasteiger partial charge < -0.3 is 5.32 Å². The van der Waals surface area contributed by atoms with E-state index < -0.39 is 41.9 Å². The quantitative estimate of drug-likeness (QED) is 0.709. The third kappa shape index (κ3) is 4.72. The van der Waals surface area contributed by atoms with Crippen LogP contribution in [0.15, 0.2) is 52.5 Å². The highest BCUT2D eigenvalue weighted by atomic mass is 32.2. The number of sulfonamides is 1. The first kappa shape index (κ1) is 23.2. The van der Waals surface area contributed by atoms with E-state index in [9.17, 15) is 34.8 Å². The summed E-state index contributed by atoms with van der Waals surface area (Å²) >= 11 is 0. The third-order valence-corrected chi connectivity index (χ3v) is 7.96. The van der Waals surface area contributed by atoms with Crippen LogP contribution in [-0.2, 0) is 19.9 Å². The van der Waals surface area contributed by atoms with E-state index in [2.05, 4.69) is 10.3 Å². The molecule has 0 atom stereocenters. The number of nitrogens with one attached hydrogen (secondary N) is 1. The molecular formula is C18H18F3N3O5S2. The summed E-state index contributed by atoms with van der Waals surface area (Å²) < 4.78 is 89.1. The van der Waals surface area contributed by atoms with Crippen LogP contribution in [0.25, 0.3) is 0 Å². The van der Waals surface area contributed by atoms with Gasteiger partial charge in [-0.3, -0.25) is 4.79 Å². The number of hydrogen-bond donors (Lipinski definition) is 1. The van der Waals surface area contributed by atoms with Crippen molar-refractivity contribution in [2.75, 3.05) is 18.4 Å². The molecule has 0 unspecified atom stereocenters. The number of anilines is 1. The predicted molar refractivity (Wildman–Crippen MR) is 104 cm³/mol. The van der Waals surface area contributed by atoms with Crippen molar-refractivity contribution < 1.29 is 34.8 Å². The Morgan fingerprint density at radius 1 is 1.00 bits per heavy atom. The molecule has 1 saturated heterocycles. The first-order valence-electron chi connectivity index (χ1n) is 9.12. The third-order valence-electron chi connectivity index (χ3n) is 4.62. The number of sulfone groups is 1. The van der Waals surface area contributed by atoms with Gasteiger partial charge in [0.2, 0.25) is 10.0 Å². The number of hydrogen-bond acceptors (Lipinski definition) is 6. The minimum atomic E-state index is -5.86. The molecule has 0 radical (unpaired) electrons. The lowest BCUT2D eigenvalue weighted by Crippen LogP contribution is -2.35. The smallest absolute Gasteiger partial charge is 0.322 e. The van der Waals surface area contributed by atoms with Crippen molar-refractivity contribution in [1.29, 1.82) is 0 Å². The van der Waals surface area contributed by atoms with E-state index in [0.717, 1.165) is 43.7 Å². The molecule has 0 spiro atoms. The number of benzene rings is 1. The lowest BCUT2D eigenvalue weighted by Gasteiger charge is -2.26. The highest BCUT2D eigenvalue weighted by molar-refractivity contribution is 7.92. The van der Waals surface area contributed by atoms with Crippen molar-refractivity contribution in [3.05, 3.63) is 48.2 Å². The fourth-order valence-electron chi connectivity index (χ4n) is 3.07. The van der Waals surface area contributed by atoms with Crippen molar-refractivity contribution in [1.82, 2.24) is 9.29 Å². The molecule has 1 aliphatic heterocycles. The monoisotopic (exact) mass is 477 g/mol. The SMILES string of the molecule is O=C(Nc1cccc(S(=O)(=O)N2CCCCC2)c1)c1cccnc1S(=O)(=O)C(F)(F)F. The van der Waals surface area contributed by atoms with Gasteiger partial charge in [-0.15, -0.1) is 0 Å². The summed E-state index contributed by atoms with van der Waals surface area (Å²) in [4.78, 5) is 15.7. The van der Waals surface area contributed by atoms with Crippen LogP contribution in [0, 0.1) is 0 Å². The van der Waals surface area contributed by atoms with Gasteiger partial charge in [0.05, 0.1) is 10.5 Å². The van der Waals surface area contributed by atoms with Gasteiger partial charge in [-0.1, -0.05) is 12.5 Å². The molecule has 0 aliphatic carbocycles. The van der Waals surface area contributed by atoms with Crippen LogP contribution in [0.2, 0.25) is 0 Å². The molecule has 1 amide bonds. The number of halogens is 3. The largest absolute Gasteiger partial charge is 0.503 e. The van der Waals surface area contributed by atoms with Crippen LogP contribution in [0.1, 0.15) is 29.6 Å². The van der Waals surface area contributed by atoms with E-state index >= 15 is 0 Å². The number of amides is 1. The van der Waals surface area contributed by atoms with Crippen molar-refractivity contribution in [3.8, 4) is 0 Å². The van der Waals surface area contributed by atoms with E-state index in [1.54, 1.807) is 0 Å². The van der Waals surface area contributed by atoms with Crippen molar-refractivity contribution in [3.63, 3.8) is 0 Å². The fraction of sp³-hybridized carbons (Fsp3) is 0.333. The highest BCUT2D eigenvalue weighted by Gasteiger charge is 2.49. The zero-order chi connectivity index (χ0) is 22.9. The topological polar surface area (TPSA) is 114 Å². The van der Waals surface area contributed by atoms with E-state index in [1.165, 1.54) is 22.5 Å². The van der Waals surface area contributed by atoms with Crippen LogP contribution in [-0.4, -0.2) is 50.6 Å². The molecule has 1 fully saturated rings. The van der Waals surface area contributed by atoms with E-state index in [1.807, 2.05) is 0 Å². The first-order valence-corrected chi connectivity index (χ1v) is 12.0. The fourth-order valence-corrected chi connectivity index (χ4v) is 5.51.